The Kier molecular flexibility index (Phi) is 4.83. The van der Waals surface area contributed by atoms with E-state index in [1.807, 2.05) is 4.72 Å². The van der Waals surface area contributed by atoms with Crippen LogP contribution in [0.15, 0.2) is 17.0 Å². The van der Waals surface area contributed by atoms with Gasteiger partial charge in [0.25, 0.3) is 6.43 Å². The lowest BCUT2D eigenvalue weighted by Crippen LogP contribution is -2.36. The van der Waals surface area contributed by atoms with Crippen molar-refractivity contribution >= 4 is 15.7 Å². The number of aryl methyl sites for hydroxylation is 2. The van der Waals surface area contributed by atoms with Gasteiger partial charge in [-0.15, -0.1) is 0 Å². The molecule has 1 rings (SSSR count). The second-order valence-corrected chi connectivity index (χ2v) is 5.90. The number of aliphatic hydroxyl groups excluding tert-OH is 1. The summed E-state index contributed by atoms with van der Waals surface area (Å²) in [6.45, 7) is 2.42. The minimum Gasteiger partial charge on any atom is -0.397 e. The topological polar surface area (TPSA) is 92.4 Å². The van der Waals surface area contributed by atoms with Crippen molar-refractivity contribution in [1.82, 2.24) is 4.72 Å². The van der Waals surface area contributed by atoms with Crippen LogP contribution >= 0.6 is 0 Å². The fourth-order valence-electron chi connectivity index (χ4n) is 1.52. The van der Waals surface area contributed by atoms with Gasteiger partial charge in [-0.05, 0) is 25.0 Å². The molecule has 0 saturated heterocycles. The summed E-state index contributed by atoms with van der Waals surface area (Å²) in [7, 11) is -4.04. The van der Waals surface area contributed by atoms with Crippen molar-refractivity contribution in [1.29, 1.82) is 0 Å². The second kappa shape index (κ2) is 5.81. The van der Waals surface area contributed by atoms with Crippen molar-refractivity contribution in [2.24, 2.45) is 0 Å². The highest BCUT2D eigenvalue weighted by molar-refractivity contribution is 7.89. The Balaban J connectivity index is 3.05. The van der Waals surface area contributed by atoms with Crippen molar-refractivity contribution in [2.45, 2.75) is 31.3 Å². The number of nitrogen functional groups attached to an aromatic ring is 1. The summed E-state index contributed by atoms with van der Waals surface area (Å²) in [5, 5.41) is 8.92. The Labute approximate surface area is 110 Å². The highest BCUT2D eigenvalue weighted by Gasteiger charge is 2.24. The third-order valence-corrected chi connectivity index (χ3v) is 4.28. The van der Waals surface area contributed by atoms with Gasteiger partial charge in [-0.3, -0.25) is 0 Å². The summed E-state index contributed by atoms with van der Waals surface area (Å²) >= 11 is 0. The Hall–Kier alpha value is -1.25. The zero-order valence-corrected chi connectivity index (χ0v) is 11.3. The molecule has 1 atom stereocenters. The first kappa shape index (κ1) is 15.8. The minimum absolute atomic E-state index is 0.0686. The second-order valence-electron chi connectivity index (χ2n) is 4.20. The molecule has 0 aliphatic rings. The molecule has 5 nitrogen and oxygen atoms in total. The Morgan fingerprint density at radius 3 is 2.37 bits per heavy atom. The molecule has 0 aliphatic heterocycles. The molecular weight excluding hydrogens is 278 g/mol. The summed E-state index contributed by atoms with van der Waals surface area (Å²) in [6, 6.07) is 3.24. The molecule has 4 N–H and O–H groups in total. The molecule has 0 amide bonds. The first-order chi connectivity index (χ1) is 8.66. The molecule has 8 heteroatoms. The molecule has 0 bridgehead atoms. The van der Waals surface area contributed by atoms with E-state index in [0.29, 0.717) is 11.1 Å². The van der Waals surface area contributed by atoms with Crippen LogP contribution in [-0.4, -0.2) is 32.6 Å². The van der Waals surface area contributed by atoms with Crippen LogP contribution in [0.3, 0.4) is 0 Å². The number of benzene rings is 1. The third-order valence-electron chi connectivity index (χ3n) is 2.65. The summed E-state index contributed by atoms with van der Waals surface area (Å²) in [5.74, 6) is 0. The van der Waals surface area contributed by atoms with Gasteiger partial charge in [0.05, 0.1) is 5.69 Å². The molecule has 1 aromatic carbocycles. The van der Waals surface area contributed by atoms with Gasteiger partial charge in [-0.2, -0.15) is 0 Å². The van der Waals surface area contributed by atoms with E-state index in [4.69, 9.17) is 10.8 Å². The molecule has 0 aromatic heterocycles. The van der Waals surface area contributed by atoms with Crippen molar-refractivity contribution in [2.75, 3.05) is 12.3 Å². The van der Waals surface area contributed by atoms with Gasteiger partial charge in [-0.25, -0.2) is 21.9 Å². The number of sulfonamides is 1. The first-order valence-corrected chi connectivity index (χ1v) is 6.96. The van der Waals surface area contributed by atoms with Gasteiger partial charge in [0, 0.05) is 6.54 Å². The van der Waals surface area contributed by atoms with Crippen molar-refractivity contribution in [3.63, 3.8) is 0 Å². The molecule has 0 fully saturated rings. The number of hydrogen-bond donors (Lipinski definition) is 3. The van der Waals surface area contributed by atoms with Crippen LogP contribution in [0.4, 0.5) is 14.5 Å². The number of rotatable bonds is 5. The fourth-order valence-corrected chi connectivity index (χ4v) is 3.00. The van der Waals surface area contributed by atoms with E-state index in [1.54, 1.807) is 26.0 Å². The number of nitrogens with one attached hydrogen (secondary N) is 1. The van der Waals surface area contributed by atoms with Crippen LogP contribution in [0.1, 0.15) is 11.1 Å². The maximum atomic E-state index is 12.1. The van der Waals surface area contributed by atoms with Crippen molar-refractivity contribution in [3.8, 4) is 0 Å². The van der Waals surface area contributed by atoms with Gasteiger partial charge in [-0.1, -0.05) is 12.1 Å². The number of anilines is 1. The lowest BCUT2D eigenvalue weighted by atomic mass is 10.1. The number of nitrogens with two attached hydrogens (primary N) is 1. The number of halogens is 2. The van der Waals surface area contributed by atoms with E-state index in [9.17, 15) is 17.2 Å². The Morgan fingerprint density at radius 2 is 1.84 bits per heavy atom. The lowest BCUT2D eigenvalue weighted by Gasteiger charge is -2.15. The third kappa shape index (κ3) is 3.62. The lowest BCUT2D eigenvalue weighted by molar-refractivity contribution is -0.000451. The van der Waals surface area contributed by atoms with Crippen LogP contribution < -0.4 is 10.5 Å². The predicted molar refractivity (Wildman–Crippen MR) is 67.5 cm³/mol. The quantitative estimate of drug-likeness (QED) is 0.700. The van der Waals surface area contributed by atoms with Crippen LogP contribution in [0.25, 0.3) is 0 Å². The molecule has 0 aliphatic carbocycles. The average molecular weight is 294 g/mol. The molecule has 1 unspecified atom stereocenters. The number of hydrogen-bond acceptors (Lipinski definition) is 4. The average Bonchev–Trinajstić information content (AvgIpc) is 2.31. The molecule has 0 radical (unpaired) electrons. The van der Waals surface area contributed by atoms with E-state index in [-0.39, 0.29) is 10.6 Å². The van der Waals surface area contributed by atoms with E-state index in [0.717, 1.165) is 0 Å². The molecule has 0 spiro atoms. The normalized spacial score (nSPS) is 13.8. The molecule has 1 aromatic rings. The molecule has 0 saturated carbocycles. The monoisotopic (exact) mass is 294 g/mol. The fraction of sp³-hybridized carbons (Fsp3) is 0.455. The van der Waals surface area contributed by atoms with Crippen LogP contribution in [0, 0.1) is 13.8 Å². The minimum atomic E-state index is -4.04. The van der Waals surface area contributed by atoms with Gasteiger partial charge in [0.1, 0.15) is 11.0 Å². The van der Waals surface area contributed by atoms with Crippen LogP contribution in [0.5, 0.6) is 0 Å². The largest absolute Gasteiger partial charge is 0.397 e. The van der Waals surface area contributed by atoms with Gasteiger partial charge in [0.2, 0.25) is 10.0 Å². The van der Waals surface area contributed by atoms with Gasteiger partial charge < -0.3 is 10.8 Å². The summed E-state index contributed by atoms with van der Waals surface area (Å²) in [6.07, 6.45) is -5.07. The standard InChI is InChI=1S/C11H16F2N2O3S/c1-6-3-4-7(2)10(9(6)14)19(17,18)15-5-8(16)11(12)13/h3-4,8,11,15-16H,5,14H2,1-2H3. The zero-order chi connectivity index (χ0) is 14.8. The summed E-state index contributed by atoms with van der Waals surface area (Å²) in [4.78, 5) is -0.144. The molecule has 0 heterocycles. The van der Waals surface area contributed by atoms with Gasteiger partial charge >= 0.3 is 0 Å². The van der Waals surface area contributed by atoms with Crippen LogP contribution in [0.2, 0.25) is 0 Å². The van der Waals surface area contributed by atoms with Crippen molar-refractivity contribution in [3.05, 3.63) is 23.3 Å². The smallest absolute Gasteiger partial charge is 0.265 e. The van der Waals surface area contributed by atoms with Gasteiger partial charge in [0.15, 0.2) is 0 Å². The first-order valence-electron chi connectivity index (χ1n) is 5.48. The summed E-state index contributed by atoms with van der Waals surface area (Å²) < 4.78 is 50.2. The summed E-state index contributed by atoms with van der Waals surface area (Å²) in [5.41, 5.74) is 6.75. The predicted octanol–water partition coefficient (Wildman–Crippen LogP) is 0.790. The maximum Gasteiger partial charge on any atom is 0.265 e. The number of alkyl halides is 2. The van der Waals surface area contributed by atoms with E-state index in [2.05, 4.69) is 0 Å². The highest BCUT2D eigenvalue weighted by Crippen LogP contribution is 2.25. The van der Waals surface area contributed by atoms with E-state index < -0.39 is 29.1 Å². The molecule has 108 valence electrons. The zero-order valence-electron chi connectivity index (χ0n) is 10.5. The Morgan fingerprint density at radius 1 is 1.32 bits per heavy atom. The van der Waals surface area contributed by atoms with E-state index in [1.165, 1.54) is 0 Å². The molecule has 19 heavy (non-hydrogen) atoms. The highest BCUT2D eigenvalue weighted by atomic mass is 32.2. The molecular formula is C11H16F2N2O3S. The SMILES string of the molecule is Cc1ccc(C)c(S(=O)(=O)NCC(O)C(F)F)c1N. The number of aliphatic hydroxyl groups is 1. The Bertz CT molecular complexity index is 561. The van der Waals surface area contributed by atoms with E-state index >= 15 is 0 Å². The maximum absolute atomic E-state index is 12.1. The van der Waals surface area contributed by atoms with Crippen LogP contribution in [-0.2, 0) is 10.0 Å². The van der Waals surface area contributed by atoms with Crippen molar-refractivity contribution < 1.29 is 22.3 Å².